The van der Waals surface area contributed by atoms with E-state index in [0.717, 1.165) is 6.07 Å². The number of pyridine rings is 1. The lowest BCUT2D eigenvalue weighted by molar-refractivity contribution is -0.173. The van der Waals surface area contributed by atoms with E-state index < -0.39 is 17.5 Å². The molecule has 5 nitrogen and oxygen atoms in total. The molecule has 18 heavy (non-hydrogen) atoms. The zero-order valence-electron chi connectivity index (χ0n) is 10.2. The Hall–Kier alpha value is -1.92. The van der Waals surface area contributed by atoms with E-state index in [2.05, 4.69) is 9.72 Å². The minimum Gasteiger partial charge on any atom is -0.481 e. The number of halogens is 2. The summed E-state index contributed by atoms with van der Waals surface area (Å²) >= 11 is 0. The number of alkyl halides is 2. The van der Waals surface area contributed by atoms with Gasteiger partial charge in [0.05, 0.1) is 26.4 Å². The van der Waals surface area contributed by atoms with E-state index in [1.165, 1.54) is 27.2 Å². The number of nitrogens with zero attached hydrogens (tertiary/aromatic N) is 1. The summed E-state index contributed by atoms with van der Waals surface area (Å²) in [6.07, 6.45) is 0. The number of hydrogen-bond donors (Lipinski definition) is 0. The summed E-state index contributed by atoms with van der Waals surface area (Å²) in [5, 5.41) is 0. The van der Waals surface area contributed by atoms with E-state index in [9.17, 15) is 13.6 Å². The van der Waals surface area contributed by atoms with Gasteiger partial charge in [0.15, 0.2) is 0 Å². The quantitative estimate of drug-likeness (QED) is 0.756. The zero-order chi connectivity index (χ0) is 13.8. The van der Waals surface area contributed by atoms with Crippen molar-refractivity contribution < 1.29 is 27.8 Å². The zero-order valence-corrected chi connectivity index (χ0v) is 10.2. The first-order valence-electron chi connectivity index (χ1n) is 5.11. The Bertz CT molecular complexity index is 437. The SMILES string of the molecule is CCOC(=O)C(F)(F)c1ccc(OC)nc1OC. The molecule has 100 valence electrons. The van der Waals surface area contributed by atoms with E-state index in [-0.39, 0.29) is 18.4 Å². The van der Waals surface area contributed by atoms with Gasteiger partial charge in [-0.3, -0.25) is 0 Å². The second-order valence-corrected chi connectivity index (χ2v) is 3.21. The summed E-state index contributed by atoms with van der Waals surface area (Å²) in [5.41, 5.74) is -0.663. The molecule has 1 aromatic rings. The van der Waals surface area contributed by atoms with Gasteiger partial charge in [0.1, 0.15) is 0 Å². The molecule has 0 aliphatic heterocycles. The van der Waals surface area contributed by atoms with Crippen LogP contribution in [0.2, 0.25) is 0 Å². The Morgan fingerprint density at radius 2 is 2.00 bits per heavy atom. The van der Waals surface area contributed by atoms with Crippen LogP contribution in [0, 0.1) is 0 Å². The highest BCUT2D eigenvalue weighted by Gasteiger charge is 2.45. The van der Waals surface area contributed by atoms with Crippen molar-refractivity contribution in [2.24, 2.45) is 0 Å². The monoisotopic (exact) mass is 261 g/mol. The number of ether oxygens (including phenoxy) is 3. The van der Waals surface area contributed by atoms with Crippen LogP contribution in [0.5, 0.6) is 11.8 Å². The molecule has 0 fully saturated rings. The third kappa shape index (κ3) is 2.66. The number of rotatable bonds is 5. The lowest BCUT2D eigenvalue weighted by Crippen LogP contribution is -2.29. The number of carbonyl (C=O) groups excluding carboxylic acids is 1. The van der Waals surface area contributed by atoms with Crippen molar-refractivity contribution in [3.05, 3.63) is 17.7 Å². The van der Waals surface area contributed by atoms with Crippen molar-refractivity contribution in [2.75, 3.05) is 20.8 Å². The molecule has 1 aromatic heterocycles. The predicted octanol–water partition coefficient (Wildman–Crippen LogP) is 1.75. The topological polar surface area (TPSA) is 57.7 Å². The van der Waals surface area contributed by atoms with Crippen LogP contribution in [0.25, 0.3) is 0 Å². The molecule has 0 radical (unpaired) electrons. The van der Waals surface area contributed by atoms with E-state index in [1.807, 2.05) is 0 Å². The summed E-state index contributed by atoms with van der Waals surface area (Å²) < 4.78 is 41.4. The van der Waals surface area contributed by atoms with Crippen molar-refractivity contribution in [2.45, 2.75) is 12.8 Å². The molecule has 0 N–H and O–H groups in total. The Labute approximate surface area is 103 Å². The molecule has 1 heterocycles. The van der Waals surface area contributed by atoms with Gasteiger partial charge >= 0.3 is 11.9 Å². The Balaban J connectivity index is 3.18. The fraction of sp³-hybridized carbons (Fsp3) is 0.455. The van der Waals surface area contributed by atoms with E-state index in [0.29, 0.717) is 0 Å². The molecule has 0 aliphatic carbocycles. The van der Waals surface area contributed by atoms with Crippen LogP contribution in [0.1, 0.15) is 12.5 Å². The van der Waals surface area contributed by atoms with E-state index >= 15 is 0 Å². The predicted molar refractivity (Wildman–Crippen MR) is 57.9 cm³/mol. The molecule has 0 unspecified atom stereocenters. The van der Waals surface area contributed by atoms with Gasteiger partial charge in [-0.1, -0.05) is 0 Å². The van der Waals surface area contributed by atoms with Gasteiger partial charge < -0.3 is 14.2 Å². The highest BCUT2D eigenvalue weighted by Crippen LogP contribution is 2.36. The Morgan fingerprint density at radius 1 is 1.33 bits per heavy atom. The highest BCUT2D eigenvalue weighted by molar-refractivity contribution is 5.80. The Morgan fingerprint density at radius 3 is 2.50 bits per heavy atom. The molecular weight excluding hydrogens is 248 g/mol. The minimum atomic E-state index is -3.82. The van der Waals surface area contributed by atoms with Crippen LogP contribution >= 0.6 is 0 Å². The molecule has 0 aromatic carbocycles. The molecule has 0 aliphatic rings. The van der Waals surface area contributed by atoms with Crippen molar-refractivity contribution in [3.8, 4) is 11.8 Å². The molecule has 0 bridgehead atoms. The first-order valence-corrected chi connectivity index (χ1v) is 5.11. The minimum absolute atomic E-state index is 0.107. The third-order valence-electron chi connectivity index (χ3n) is 2.11. The van der Waals surface area contributed by atoms with Crippen LogP contribution in [-0.2, 0) is 15.5 Å². The maximum absolute atomic E-state index is 13.8. The van der Waals surface area contributed by atoms with Gasteiger partial charge in [0.2, 0.25) is 11.8 Å². The standard InChI is InChI=1S/C11H13F2NO4/c1-4-18-10(15)11(12,13)7-5-6-8(16-2)14-9(7)17-3/h5-6H,4H2,1-3H3. The van der Waals surface area contributed by atoms with Gasteiger partial charge in [0, 0.05) is 6.07 Å². The molecule has 0 saturated heterocycles. The Kier molecular flexibility index (Phi) is 4.41. The van der Waals surface area contributed by atoms with E-state index in [4.69, 9.17) is 9.47 Å². The maximum atomic E-state index is 13.8. The molecule has 0 amide bonds. The molecular formula is C11H13F2NO4. The summed E-state index contributed by atoms with van der Waals surface area (Å²) in [6, 6.07) is 2.23. The average Bonchev–Trinajstić information content (AvgIpc) is 2.38. The van der Waals surface area contributed by atoms with Crippen LogP contribution in [-0.4, -0.2) is 31.8 Å². The van der Waals surface area contributed by atoms with Crippen LogP contribution in [0.4, 0.5) is 8.78 Å². The fourth-order valence-corrected chi connectivity index (χ4v) is 1.26. The van der Waals surface area contributed by atoms with Crippen molar-refractivity contribution in [1.82, 2.24) is 4.98 Å². The summed E-state index contributed by atoms with van der Waals surface area (Å²) in [5.74, 6) is -5.74. The molecule has 0 saturated carbocycles. The summed E-state index contributed by atoms with van der Waals surface area (Å²) in [7, 11) is 2.51. The van der Waals surface area contributed by atoms with E-state index in [1.54, 1.807) is 0 Å². The van der Waals surface area contributed by atoms with Crippen molar-refractivity contribution in [3.63, 3.8) is 0 Å². The van der Waals surface area contributed by atoms with Crippen LogP contribution in [0.15, 0.2) is 12.1 Å². The average molecular weight is 261 g/mol. The van der Waals surface area contributed by atoms with Gasteiger partial charge in [-0.15, -0.1) is 0 Å². The van der Waals surface area contributed by atoms with Crippen molar-refractivity contribution in [1.29, 1.82) is 0 Å². The largest absolute Gasteiger partial charge is 0.481 e. The first-order chi connectivity index (χ1) is 8.47. The molecule has 7 heteroatoms. The second-order valence-electron chi connectivity index (χ2n) is 3.21. The number of hydrogen-bond acceptors (Lipinski definition) is 5. The second kappa shape index (κ2) is 5.61. The van der Waals surface area contributed by atoms with Gasteiger partial charge in [-0.2, -0.15) is 13.8 Å². The number of methoxy groups -OCH3 is 2. The fourth-order valence-electron chi connectivity index (χ4n) is 1.26. The van der Waals surface area contributed by atoms with Gasteiger partial charge in [0.25, 0.3) is 0 Å². The normalized spacial score (nSPS) is 10.9. The molecule has 1 rings (SSSR count). The molecule has 0 spiro atoms. The number of esters is 1. The van der Waals surface area contributed by atoms with Crippen LogP contribution in [0.3, 0.4) is 0 Å². The summed E-state index contributed by atoms with van der Waals surface area (Å²) in [6.45, 7) is 1.30. The van der Waals surface area contributed by atoms with Gasteiger partial charge in [-0.05, 0) is 13.0 Å². The summed E-state index contributed by atoms with van der Waals surface area (Å²) in [4.78, 5) is 14.9. The maximum Gasteiger partial charge on any atom is 0.382 e. The van der Waals surface area contributed by atoms with Gasteiger partial charge in [-0.25, -0.2) is 4.79 Å². The smallest absolute Gasteiger partial charge is 0.382 e. The van der Waals surface area contributed by atoms with Crippen LogP contribution < -0.4 is 9.47 Å². The lowest BCUT2D eigenvalue weighted by Gasteiger charge is -2.17. The first kappa shape index (κ1) is 14.1. The number of aromatic nitrogens is 1. The molecule has 0 atom stereocenters. The lowest BCUT2D eigenvalue weighted by atomic mass is 10.1. The van der Waals surface area contributed by atoms with Crippen molar-refractivity contribution >= 4 is 5.97 Å². The number of carbonyl (C=O) groups is 1. The third-order valence-corrected chi connectivity index (χ3v) is 2.11. The highest BCUT2D eigenvalue weighted by atomic mass is 19.3.